The summed E-state index contributed by atoms with van der Waals surface area (Å²) >= 11 is 1.02. The fraction of sp³-hybridized carbons (Fsp3) is 0.826. The third-order valence-electron chi connectivity index (χ3n) is 5.42. The topological polar surface area (TPSA) is 170 Å². The van der Waals surface area contributed by atoms with Crippen molar-refractivity contribution in [1.29, 1.82) is 0 Å². The van der Waals surface area contributed by atoms with Crippen molar-refractivity contribution in [2.75, 3.05) is 39.7 Å². The Hall–Kier alpha value is -1.77. The first-order valence-corrected chi connectivity index (χ1v) is 12.8. The van der Waals surface area contributed by atoms with E-state index in [2.05, 4.69) is 15.4 Å². The molecule has 0 aliphatic carbocycles. The average molecular weight is 537 g/mol. The van der Waals surface area contributed by atoms with Gasteiger partial charge in [0.25, 0.3) is 5.97 Å². The van der Waals surface area contributed by atoms with Crippen LogP contribution in [0.3, 0.4) is 0 Å². The molecular weight excluding hydrogens is 496 g/mol. The maximum absolute atomic E-state index is 12.9. The molecule has 208 valence electrons. The van der Waals surface area contributed by atoms with Crippen LogP contribution in [0.25, 0.3) is 0 Å². The zero-order valence-corrected chi connectivity index (χ0v) is 22.5. The van der Waals surface area contributed by atoms with Crippen molar-refractivity contribution in [2.45, 2.75) is 77.2 Å². The Kier molecular flexibility index (Phi) is 13.9. The van der Waals surface area contributed by atoms with Gasteiger partial charge in [-0.15, -0.1) is 0 Å². The van der Waals surface area contributed by atoms with Crippen molar-refractivity contribution in [1.82, 2.24) is 10.6 Å². The summed E-state index contributed by atoms with van der Waals surface area (Å²) in [4.78, 5) is 47.6. The molecule has 0 bridgehead atoms. The highest BCUT2D eigenvalue weighted by molar-refractivity contribution is 8.13. The molecule has 1 rings (SSSR count). The molecule has 3 unspecified atom stereocenters. The SMILES string of the molecule is COC(=O)CCC(=O)SCCNC(=O)CCNC(=O)[C@@H]1OC(CC(O)CC(C)O)(OC)OCC1(C)C. The van der Waals surface area contributed by atoms with Gasteiger partial charge in [0.05, 0.1) is 38.8 Å². The van der Waals surface area contributed by atoms with Gasteiger partial charge in [-0.05, 0) is 13.3 Å². The third-order valence-corrected chi connectivity index (χ3v) is 6.35. The predicted molar refractivity (Wildman–Crippen MR) is 131 cm³/mol. The molecule has 13 heteroatoms. The van der Waals surface area contributed by atoms with Crippen LogP contribution in [0, 0.1) is 5.41 Å². The lowest BCUT2D eigenvalue weighted by Gasteiger charge is -2.47. The Morgan fingerprint density at radius 2 is 1.78 bits per heavy atom. The Labute approximate surface area is 216 Å². The van der Waals surface area contributed by atoms with Crippen LogP contribution in [0.1, 0.15) is 52.9 Å². The van der Waals surface area contributed by atoms with Gasteiger partial charge in [0.2, 0.25) is 11.8 Å². The predicted octanol–water partition coefficient (Wildman–Crippen LogP) is 0.0856. The van der Waals surface area contributed by atoms with Gasteiger partial charge >= 0.3 is 5.97 Å². The molecule has 1 aliphatic heterocycles. The molecular formula is C23H40N2O10S. The number of aliphatic hydroxyl groups excluding tert-OH is 2. The molecule has 4 N–H and O–H groups in total. The molecule has 0 aromatic carbocycles. The highest BCUT2D eigenvalue weighted by atomic mass is 32.2. The molecule has 36 heavy (non-hydrogen) atoms. The molecule has 1 saturated heterocycles. The van der Waals surface area contributed by atoms with Gasteiger partial charge in [0.15, 0.2) is 5.12 Å². The second-order valence-corrected chi connectivity index (χ2v) is 10.4. The van der Waals surface area contributed by atoms with Gasteiger partial charge in [-0.25, -0.2) is 0 Å². The molecule has 0 saturated carbocycles. The average Bonchev–Trinajstić information content (AvgIpc) is 2.80. The minimum atomic E-state index is -1.64. The maximum Gasteiger partial charge on any atom is 0.305 e. The number of rotatable bonds is 15. The summed E-state index contributed by atoms with van der Waals surface area (Å²) in [6.45, 7) is 5.59. The summed E-state index contributed by atoms with van der Waals surface area (Å²) < 4.78 is 21.5. The zero-order chi connectivity index (χ0) is 27.4. The monoisotopic (exact) mass is 536 g/mol. The molecule has 0 aromatic rings. The van der Waals surface area contributed by atoms with E-state index in [1.165, 1.54) is 14.2 Å². The van der Waals surface area contributed by atoms with Crippen molar-refractivity contribution >= 4 is 34.7 Å². The number of ether oxygens (including phenoxy) is 4. The van der Waals surface area contributed by atoms with Crippen molar-refractivity contribution in [3.8, 4) is 0 Å². The quantitative estimate of drug-likeness (QED) is 0.165. The Bertz CT molecular complexity index is 748. The van der Waals surface area contributed by atoms with Crippen molar-refractivity contribution in [3.63, 3.8) is 0 Å². The van der Waals surface area contributed by atoms with Crippen molar-refractivity contribution in [3.05, 3.63) is 0 Å². The second-order valence-electron chi connectivity index (χ2n) is 9.29. The standard InChI is InChI=1S/C23H40N2O10S/c1-15(26)12-16(27)13-23(33-5)34-14-22(2,3)20(35-23)21(31)25-9-8-17(28)24-10-11-36-19(30)7-6-18(29)32-4/h15-16,20,26-27H,6-14H2,1-5H3,(H,24,28)(H,25,31)/t15?,16?,20-,23?/m0/s1. The smallest absolute Gasteiger partial charge is 0.305 e. The van der Waals surface area contributed by atoms with Crippen molar-refractivity contribution in [2.24, 2.45) is 5.41 Å². The Morgan fingerprint density at radius 1 is 1.08 bits per heavy atom. The van der Waals surface area contributed by atoms with Crippen LogP contribution >= 0.6 is 11.8 Å². The lowest BCUT2D eigenvalue weighted by atomic mass is 9.85. The van der Waals surface area contributed by atoms with Crippen LogP contribution in [0.2, 0.25) is 0 Å². The molecule has 0 radical (unpaired) electrons. The van der Waals surface area contributed by atoms with E-state index < -0.39 is 41.6 Å². The van der Waals surface area contributed by atoms with E-state index in [1.54, 1.807) is 20.8 Å². The van der Waals surface area contributed by atoms with Crippen LogP contribution in [-0.4, -0.2) is 97.1 Å². The number of nitrogens with one attached hydrogen (secondary N) is 2. The van der Waals surface area contributed by atoms with Gasteiger partial charge in [-0.2, -0.15) is 0 Å². The molecule has 0 aromatic heterocycles. The number of carbonyl (C=O) groups is 4. The lowest BCUT2D eigenvalue weighted by molar-refractivity contribution is -0.429. The molecule has 1 aliphatic rings. The fourth-order valence-electron chi connectivity index (χ4n) is 3.43. The molecule has 12 nitrogen and oxygen atoms in total. The van der Waals surface area contributed by atoms with Gasteiger partial charge in [0, 0.05) is 44.2 Å². The van der Waals surface area contributed by atoms with Gasteiger partial charge in [-0.1, -0.05) is 25.6 Å². The van der Waals surface area contributed by atoms with E-state index in [0.717, 1.165) is 11.8 Å². The molecule has 1 heterocycles. The van der Waals surface area contributed by atoms with E-state index >= 15 is 0 Å². The second kappa shape index (κ2) is 15.5. The number of aliphatic hydroxyl groups is 2. The highest BCUT2D eigenvalue weighted by Gasteiger charge is 2.51. The summed E-state index contributed by atoms with van der Waals surface area (Å²) in [6, 6.07) is 0. The summed E-state index contributed by atoms with van der Waals surface area (Å²) in [6.07, 6.45) is -2.56. The minimum absolute atomic E-state index is 0.0238. The number of hydrogen-bond donors (Lipinski definition) is 4. The number of carbonyl (C=O) groups excluding carboxylic acids is 4. The van der Waals surface area contributed by atoms with E-state index in [-0.39, 0.29) is 62.8 Å². The first-order valence-electron chi connectivity index (χ1n) is 11.8. The summed E-state index contributed by atoms with van der Waals surface area (Å²) in [5.41, 5.74) is -0.707. The van der Waals surface area contributed by atoms with Crippen LogP contribution in [0.4, 0.5) is 0 Å². The molecule has 1 fully saturated rings. The molecule has 4 atom stereocenters. The first-order chi connectivity index (χ1) is 16.8. The van der Waals surface area contributed by atoms with E-state index in [4.69, 9.17) is 14.2 Å². The zero-order valence-electron chi connectivity index (χ0n) is 21.7. The highest BCUT2D eigenvalue weighted by Crippen LogP contribution is 2.38. The van der Waals surface area contributed by atoms with E-state index in [0.29, 0.717) is 5.75 Å². The molecule has 0 spiro atoms. The van der Waals surface area contributed by atoms with Crippen LogP contribution in [0.15, 0.2) is 0 Å². The van der Waals surface area contributed by atoms with Crippen LogP contribution in [0.5, 0.6) is 0 Å². The number of amides is 2. The van der Waals surface area contributed by atoms with Crippen molar-refractivity contribution < 1.29 is 48.3 Å². The van der Waals surface area contributed by atoms with Crippen LogP contribution < -0.4 is 10.6 Å². The normalized spacial score (nSPS) is 22.8. The fourth-order valence-corrected chi connectivity index (χ4v) is 4.11. The summed E-state index contributed by atoms with van der Waals surface area (Å²) in [5.74, 6) is -2.47. The largest absolute Gasteiger partial charge is 0.469 e. The van der Waals surface area contributed by atoms with Crippen LogP contribution in [-0.2, 0) is 38.1 Å². The van der Waals surface area contributed by atoms with Gasteiger partial charge in [0.1, 0.15) is 6.10 Å². The van der Waals surface area contributed by atoms with E-state index in [1.807, 2.05) is 0 Å². The third kappa shape index (κ3) is 11.5. The number of thioether (sulfide) groups is 1. The Balaban J connectivity index is 2.45. The van der Waals surface area contributed by atoms with Gasteiger partial charge < -0.3 is 39.8 Å². The first kappa shape index (κ1) is 32.3. The Morgan fingerprint density at radius 3 is 2.39 bits per heavy atom. The maximum atomic E-state index is 12.9. The minimum Gasteiger partial charge on any atom is -0.469 e. The number of hydrogen-bond acceptors (Lipinski definition) is 11. The number of esters is 1. The van der Waals surface area contributed by atoms with E-state index in [9.17, 15) is 29.4 Å². The van der Waals surface area contributed by atoms with Gasteiger partial charge in [-0.3, -0.25) is 19.2 Å². The summed E-state index contributed by atoms with van der Waals surface area (Å²) in [5, 5.41) is 24.9. The lowest BCUT2D eigenvalue weighted by Crippen LogP contribution is -2.60. The molecule has 2 amide bonds. The summed E-state index contributed by atoms with van der Waals surface area (Å²) in [7, 11) is 2.60. The number of methoxy groups -OCH3 is 2.